The zero-order valence-corrected chi connectivity index (χ0v) is 22.3. The summed E-state index contributed by atoms with van der Waals surface area (Å²) in [4.78, 5) is 17.5. The minimum absolute atomic E-state index is 0.105. The van der Waals surface area contributed by atoms with Gasteiger partial charge in [0.2, 0.25) is 5.89 Å². The van der Waals surface area contributed by atoms with Crippen molar-refractivity contribution in [1.82, 2.24) is 10.3 Å². The molecule has 0 aliphatic carbocycles. The summed E-state index contributed by atoms with van der Waals surface area (Å²) in [6.45, 7) is 4.42. The lowest BCUT2D eigenvalue weighted by Crippen LogP contribution is -2.34. The molecule has 0 aliphatic rings. The number of hydrogen-bond donors (Lipinski definition) is 2. The minimum atomic E-state index is -0.371. The number of nitrogens with one attached hydrogen (secondary N) is 2. The smallest absolute Gasteiger partial charge is 0.257 e. The summed E-state index contributed by atoms with van der Waals surface area (Å²) in [5.41, 5.74) is 6.36. The monoisotopic (exact) mass is 541 g/mol. The van der Waals surface area contributed by atoms with E-state index in [1.165, 1.54) is 0 Å². The highest BCUT2D eigenvalue weighted by molar-refractivity contribution is 7.80. The van der Waals surface area contributed by atoms with Crippen molar-refractivity contribution in [3.63, 3.8) is 0 Å². The largest absolute Gasteiger partial charge is 0.489 e. The molecular formula is C30H24ClN3O3S. The molecule has 4 aromatic carbocycles. The number of carbonyl (C=O) groups excluding carboxylic acids is 1. The normalized spacial score (nSPS) is 10.8. The maximum atomic E-state index is 12.9. The van der Waals surface area contributed by atoms with Crippen molar-refractivity contribution in [2.45, 2.75) is 20.5 Å². The summed E-state index contributed by atoms with van der Waals surface area (Å²) in [6, 6.07) is 26.1. The van der Waals surface area contributed by atoms with Crippen molar-refractivity contribution in [2.24, 2.45) is 0 Å². The Balaban J connectivity index is 1.27. The fraction of sp³-hybridized carbons (Fsp3) is 0.100. The molecule has 1 heterocycles. The van der Waals surface area contributed by atoms with Gasteiger partial charge in [-0.15, -0.1) is 0 Å². The lowest BCUT2D eigenvalue weighted by molar-refractivity contribution is 0.0977. The van der Waals surface area contributed by atoms with Crippen LogP contribution in [-0.2, 0) is 6.61 Å². The number of aryl methyl sites for hydroxylation is 2. The molecule has 0 fully saturated rings. The lowest BCUT2D eigenvalue weighted by Gasteiger charge is -2.12. The van der Waals surface area contributed by atoms with Gasteiger partial charge in [0.25, 0.3) is 5.91 Å². The second-order valence-electron chi connectivity index (χ2n) is 8.85. The molecule has 2 N–H and O–H groups in total. The highest BCUT2D eigenvalue weighted by Gasteiger charge is 2.14. The predicted octanol–water partition coefficient (Wildman–Crippen LogP) is 7.47. The second-order valence-corrected chi connectivity index (χ2v) is 9.67. The van der Waals surface area contributed by atoms with Gasteiger partial charge >= 0.3 is 0 Å². The molecule has 190 valence electrons. The topological polar surface area (TPSA) is 76.4 Å². The van der Waals surface area contributed by atoms with E-state index in [0.717, 1.165) is 33.4 Å². The summed E-state index contributed by atoms with van der Waals surface area (Å²) in [5, 5.41) is 6.24. The average molecular weight is 542 g/mol. The number of hydrogen-bond acceptors (Lipinski definition) is 5. The zero-order chi connectivity index (χ0) is 26.6. The summed E-state index contributed by atoms with van der Waals surface area (Å²) in [7, 11) is 0. The van der Waals surface area contributed by atoms with E-state index in [4.69, 9.17) is 33.0 Å². The minimum Gasteiger partial charge on any atom is -0.489 e. The van der Waals surface area contributed by atoms with Crippen LogP contribution in [0.4, 0.5) is 5.69 Å². The standard InChI is InChI=1S/C30H24ClN3O3S/c1-18-13-19(2)27-26(14-18)32-29(37-27)22-11-12-24(31)25(16-22)33-30(38)34-28(35)21-9-6-10-23(15-21)36-17-20-7-4-3-5-8-20/h3-16H,17H2,1-2H3,(H2,33,34,35,38). The zero-order valence-electron chi connectivity index (χ0n) is 20.7. The van der Waals surface area contributed by atoms with Crippen LogP contribution >= 0.6 is 23.8 Å². The molecule has 5 aromatic rings. The first-order chi connectivity index (χ1) is 18.4. The first-order valence-electron chi connectivity index (χ1n) is 11.9. The van der Waals surface area contributed by atoms with Crippen molar-refractivity contribution in [2.75, 3.05) is 5.32 Å². The molecule has 0 bridgehead atoms. The molecule has 8 heteroatoms. The molecule has 0 radical (unpaired) electrons. The Hall–Kier alpha value is -4.20. The van der Waals surface area contributed by atoms with Gasteiger partial charge < -0.3 is 14.5 Å². The van der Waals surface area contributed by atoms with Gasteiger partial charge in [-0.3, -0.25) is 10.1 Å². The van der Waals surface area contributed by atoms with Crippen molar-refractivity contribution in [3.05, 3.63) is 112 Å². The third-order valence-corrected chi connectivity index (χ3v) is 6.39. The highest BCUT2D eigenvalue weighted by atomic mass is 35.5. The molecule has 0 unspecified atom stereocenters. The van der Waals surface area contributed by atoms with Crippen LogP contribution in [0.3, 0.4) is 0 Å². The molecule has 0 atom stereocenters. The van der Waals surface area contributed by atoms with Crippen molar-refractivity contribution in [1.29, 1.82) is 0 Å². The summed E-state index contributed by atoms with van der Waals surface area (Å²) < 4.78 is 11.9. The SMILES string of the molecule is Cc1cc(C)c2oc(-c3ccc(Cl)c(NC(=S)NC(=O)c4cccc(OCc5ccccc5)c4)c3)nc2c1. The van der Waals surface area contributed by atoms with E-state index in [1.807, 2.05) is 56.3 Å². The van der Waals surface area contributed by atoms with Gasteiger partial charge in [0.15, 0.2) is 10.7 Å². The van der Waals surface area contributed by atoms with E-state index in [9.17, 15) is 4.79 Å². The van der Waals surface area contributed by atoms with Gasteiger partial charge in [0, 0.05) is 11.1 Å². The Morgan fingerprint density at radius 1 is 1.00 bits per heavy atom. The third kappa shape index (κ3) is 5.85. The van der Waals surface area contributed by atoms with Crippen molar-refractivity contribution >= 4 is 51.6 Å². The van der Waals surface area contributed by atoms with E-state index >= 15 is 0 Å². The fourth-order valence-electron chi connectivity index (χ4n) is 4.05. The first-order valence-corrected chi connectivity index (χ1v) is 12.7. The summed E-state index contributed by atoms with van der Waals surface area (Å²) >= 11 is 11.8. The van der Waals surface area contributed by atoms with E-state index in [1.54, 1.807) is 36.4 Å². The number of aromatic nitrogens is 1. The fourth-order valence-corrected chi connectivity index (χ4v) is 4.42. The van der Waals surface area contributed by atoms with Crippen molar-refractivity contribution in [3.8, 4) is 17.2 Å². The number of rotatable bonds is 6. The average Bonchev–Trinajstić information content (AvgIpc) is 3.34. The van der Waals surface area contributed by atoms with Gasteiger partial charge in [0.1, 0.15) is 17.9 Å². The summed E-state index contributed by atoms with van der Waals surface area (Å²) in [6.07, 6.45) is 0. The van der Waals surface area contributed by atoms with Crippen molar-refractivity contribution < 1.29 is 13.9 Å². The molecule has 0 saturated carbocycles. The number of carbonyl (C=O) groups is 1. The molecule has 1 amide bonds. The van der Waals surface area contributed by atoms with E-state index in [0.29, 0.717) is 34.5 Å². The van der Waals surface area contributed by atoms with Crippen LogP contribution in [-0.4, -0.2) is 16.0 Å². The van der Waals surface area contributed by atoms with Crippen LogP contribution in [0, 0.1) is 13.8 Å². The van der Waals surface area contributed by atoms with Crippen LogP contribution in [0.15, 0.2) is 89.3 Å². The Labute approximate surface area is 230 Å². The van der Waals surface area contributed by atoms with Crippen LogP contribution < -0.4 is 15.4 Å². The molecule has 6 nitrogen and oxygen atoms in total. The van der Waals surface area contributed by atoms with Crippen LogP contribution in [0.25, 0.3) is 22.6 Å². The Morgan fingerprint density at radius 2 is 1.82 bits per heavy atom. The quantitative estimate of drug-likeness (QED) is 0.217. The molecule has 0 aliphatic heterocycles. The molecule has 0 spiro atoms. The second kappa shape index (κ2) is 11.0. The van der Waals surface area contributed by atoms with Gasteiger partial charge in [-0.2, -0.15) is 0 Å². The molecule has 0 saturated heterocycles. The predicted molar refractivity (Wildman–Crippen MR) is 155 cm³/mol. The van der Waals surface area contributed by atoms with Crippen LogP contribution in [0.1, 0.15) is 27.0 Å². The lowest BCUT2D eigenvalue weighted by atomic mass is 10.1. The van der Waals surface area contributed by atoms with Gasteiger partial charge in [0.05, 0.1) is 10.7 Å². The number of nitrogens with zero attached hydrogens (tertiary/aromatic N) is 1. The number of ether oxygens (including phenoxy) is 1. The van der Waals surface area contributed by atoms with Gasteiger partial charge in [-0.25, -0.2) is 4.98 Å². The Bertz CT molecular complexity index is 1650. The number of benzene rings is 4. The van der Waals surface area contributed by atoms with E-state index in [-0.39, 0.29) is 11.0 Å². The number of halogens is 1. The Kier molecular flexibility index (Phi) is 7.40. The summed E-state index contributed by atoms with van der Waals surface area (Å²) in [5.74, 6) is 0.681. The Morgan fingerprint density at radius 3 is 2.63 bits per heavy atom. The van der Waals surface area contributed by atoms with Gasteiger partial charge in [-0.1, -0.05) is 54.1 Å². The van der Waals surface area contributed by atoms with Gasteiger partial charge in [-0.05, 0) is 85.2 Å². The van der Waals surface area contributed by atoms with Crippen LogP contribution in [0.2, 0.25) is 5.02 Å². The highest BCUT2D eigenvalue weighted by Crippen LogP contribution is 2.31. The molecule has 5 rings (SSSR count). The third-order valence-electron chi connectivity index (χ3n) is 5.85. The first kappa shape index (κ1) is 25.4. The maximum absolute atomic E-state index is 12.9. The molecular weight excluding hydrogens is 518 g/mol. The molecule has 38 heavy (non-hydrogen) atoms. The number of fused-ring (bicyclic) bond motifs is 1. The molecule has 1 aromatic heterocycles. The number of thiocarbonyl (C=S) groups is 1. The van der Waals surface area contributed by atoms with E-state index < -0.39 is 0 Å². The number of oxazole rings is 1. The maximum Gasteiger partial charge on any atom is 0.257 e. The van der Waals surface area contributed by atoms with Crippen LogP contribution in [0.5, 0.6) is 5.75 Å². The number of amides is 1. The van der Waals surface area contributed by atoms with E-state index in [2.05, 4.69) is 21.7 Å². The number of anilines is 1.